The molecule has 0 aromatic carbocycles. The van der Waals surface area contributed by atoms with E-state index in [1.165, 1.54) is 58.0 Å². The molecule has 0 aromatic rings. The minimum Gasteiger partial charge on any atom is -0.306 e. The molecule has 0 aliphatic heterocycles. The average molecular weight is 304 g/mol. The third kappa shape index (κ3) is 4.90. The van der Waals surface area contributed by atoms with Gasteiger partial charge in [-0.3, -0.25) is 0 Å². The minimum absolute atomic E-state index is 0.516. The molecule has 0 bridgehead atoms. The van der Waals surface area contributed by atoms with Crippen molar-refractivity contribution in [1.82, 2.24) is 4.90 Å². The van der Waals surface area contributed by atoms with Crippen LogP contribution >= 0.6 is 15.9 Å². The lowest BCUT2D eigenvalue weighted by Crippen LogP contribution is -2.40. The van der Waals surface area contributed by atoms with Gasteiger partial charge in [-0.25, -0.2) is 0 Å². The highest BCUT2D eigenvalue weighted by Gasteiger charge is 2.30. The summed E-state index contributed by atoms with van der Waals surface area (Å²) >= 11 is 3.77. The number of nitrogens with zero attached hydrogens (tertiary/aromatic N) is 1. The lowest BCUT2D eigenvalue weighted by atomic mass is 9.80. The van der Waals surface area contributed by atoms with Crippen molar-refractivity contribution in [3.05, 3.63) is 0 Å². The molecule has 1 fully saturated rings. The van der Waals surface area contributed by atoms with Crippen molar-refractivity contribution >= 4 is 15.9 Å². The predicted octanol–water partition coefficient (Wildman–Crippen LogP) is 4.70. The van der Waals surface area contributed by atoms with Crippen molar-refractivity contribution in [1.29, 1.82) is 0 Å². The number of halogens is 1. The summed E-state index contributed by atoms with van der Waals surface area (Å²) in [5, 5.41) is 1.16. The largest absolute Gasteiger partial charge is 0.306 e. The topological polar surface area (TPSA) is 3.24 Å². The quantitative estimate of drug-likeness (QED) is 0.558. The molecular formula is C15H30BrN. The lowest BCUT2D eigenvalue weighted by molar-refractivity contribution is 0.132. The third-order valence-corrected chi connectivity index (χ3v) is 5.43. The van der Waals surface area contributed by atoms with Crippen LogP contribution < -0.4 is 0 Å². The molecule has 102 valence electrons. The van der Waals surface area contributed by atoms with E-state index >= 15 is 0 Å². The zero-order valence-electron chi connectivity index (χ0n) is 12.0. The molecule has 0 radical (unpaired) electrons. The molecule has 0 atom stereocenters. The maximum Gasteiger partial charge on any atom is 0.0100 e. The second-order valence-electron chi connectivity index (χ2n) is 6.13. The summed E-state index contributed by atoms with van der Waals surface area (Å²) in [6, 6.07) is 0. The van der Waals surface area contributed by atoms with Crippen LogP contribution in [0.25, 0.3) is 0 Å². The smallest absolute Gasteiger partial charge is 0.0100 e. The van der Waals surface area contributed by atoms with Crippen molar-refractivity contribution in [3.8, 4) is 0 Å². The van der Waals surface area contributed by atoms with E-state index in [0.717, 1.165) is 11.2 Å². The molecule has 2 heteroatoms. The van der Waals surface area contributed by atoms with E-state index in [9.17, 15) is 0 Å². The summed E-state index contributed by atoms with van der Waals surface area (Å²) in [4.78, 5) is 2.59. The van der Waals surface area contributed by atoms with Crippen LogP contribution in [0.15, 0.2) is 0 Å². The summed E-state index contributed by atoms with van der Waals surface area (Å²) < 4.78 is 0. The molecule has 0 heterocycles. The van der Waals surface area contributed by atoms with Gasteiger partial charge in [0.25, 0.3) is 0 Å². The van der Waals surface area contributed by atoms with Crippen molar-refractivity contribution in [2.24, 2.45) is 11.3 Å². The van der Waals surface area contributed by atoms with Crippen LogP contribution in [0.4, 0.5) is 0 Å². The molecule has 0 spiro atoms. The predicted molar refractivity (Wildman–Crippen MR) is 80.9 cm³/mol. The molecule has 17 heavy (non-hydrogen) atoms. The zero-order chi connectivity index (χ0) is 12.7. The Bertz CT molecular complexity index is 195. The molecule has 0 unspecified atom stereocenters. The summed E-state index contributed by atoms with van der Waals surface area (Å²) in [6.45, 7) is 7.23. The monoisotopic (exact) mass is 303 g/mol. The first-order valence-corrected chi connectivity index (χ1v) is 8.52. The first-order chi connectivity index (χ1) is 8.15. The van der Waals surface area contributed by atoms with Crippen molar-refractivity contribution in [2.75, 3.05) is 25.5 Å². The Morgan fingerprint density at radius 2 is 1.76 bits per heavy atom. The molecule has 0 saturated heterocycles. The highest BCUT2D eigenvalue weighted by molar-refractivity contribution is 9.09. The highest BCUT2D eigenvalue weighted by Crippen LogP contribution is 2.34. The van der Waals surface area contributed by atoms with E-state index in [2.05, 4.69) is 41.7 Å². The van der Waals surface area contributed by atoms with E-state index in [1.807, 2.05) is 0 Å². The molecule has 1 aliphatic rings. The first kappa shape index (κ1) is 15.5. The molecular weight excluding hydrogens is 274 g/mol. The molecule has 1 rings (SSSR count). The van der Waals surface area contributed by atoms with Crippen molar-refractivity contribution in [2.45, 2.75) is 58.8 Å². The zero-order valence-corrected chi connectivity index (χ0v) is 13.6. The molecule has 0 N–H and O–H groups in total. The summed E-state index contributed by atoms with van der Waals surface area (Å²) in [5.41, 5.74) is 0.516. The SMILES string of the molecule is CCCC(CBr)(CCC)CN(C)CC1CCC1. The molecule has 1 nitrogen and oxygen atoms in total. The first-order valence-electron chi connectivity index (χ1n) is 7.40. The van der Waals surface area contributed by atoms with Crippen molar-refractivity contribution in [3.63, 3.8) is 0 Å². The molecule has 0 aromatic heterocycles. The van der Waals surface area contributed by atoms with Crippen LogP contribution in [-0.4, -0.2) is 30.4 Å². The maximum absolute atomic E-state index is 3.77. The van der Waals surface area contributed by atoms with Gasteiger partial charge in [-0.1, -0.05) is 49.0 Å². The minimum atomic E-state index is 0.516. The van der Waals surface area contributed by atoms with Gasteiger partial charge in [0.05, 0.1) is 0 Å². The normalized spacial score (nSPS) is 17.5. The third-order valence-electron chi connectivity index (χ3n) is 4.24. The fourth-order valence-corrected chi connectivity index (χ4v) is 4.01. The Morgan fingerprint density at radius 1 is 1.18 bits per heavy atom. The van der Waals surface area contributed by atoms with E-state index in [4.69, 9.17) is 0 Å². The molecule has 1 saturated carbocycles. The lowest BCUT2D eigenvalue weighted by Gasteiger charge is -2.38. The van der Waals surface area contributed by atoms with E-state index in [0.29, 0.717) is 5.41 Å². The highest BCUT2D eigenvalue weighted by atomic mass is 79.9. The standard InChI is InChI=1S/C15H30BrN/c1-4-9-15(12-16,10-5-2)13-17(3)11-14-7-6-8-14/h14H,4-13H2,1-3H3. The van der Waals surface area contributed by atoms with Crippen LogP contribution in [0, 0.1) is 11.3 Å². The maximum atomic E-state index is 3.77. The molecule has 0 amide bonds. The van der Waals surface area contributed by atoms with Gasteiger partial charge in [0.15, 0.2) is 0 Å². The van der Waals surface area contributed by atoms with Gasteiger partial charge in [-0.15, -0.1) is 0 Å². The fraction of sp³-hybridized carbons (Fsp3) is 1.00. The van der Waals surface area contributed by atoms with Crippen LogP contribution in [0.5, 0.6) is 0 Å². The Labute approximate surface area is 116 Å². The van der Waals surface area contributed by atoms with Gasteiger partial charge in [-0.05, 0) is 44.1 Å². The Balaban J connectivity index is 2.44. The van der Waals surface area contributed by atoms with Gasteiger partial charge in [0, 0.05) is 18.4 Å². The second kappa shape index (κ2) is 7.78. The van der Waals surface area contributed by atoms with E-state index in [1.54, 1.807) is 0 Å². The number of hydrogen-bond acceptors (Lipinski definition) is 1. The van der Waals surface area contributed by atoms with Gasteiger partial charge >= 0.3 is 0 Å². The van der Waals surface area contributed by atoms with Crippen molar-refractivity contribution < 1.29 is 0 Å². The van der Waals surface area contributed by atoms with Crippen LogP contribution in [0.3, 0.4) is 0 Å². The van der Waals surface area contributed by atoms with Gasteiger partial charge in [-0.2, -0.15) is 0 Å². The van der Waals surface area contributed by atoms with Crippen LogP contribution in [0.2, 0.25) is 0 Å². The van der Waals surface area contributed by atoms with E-state index in [-0.39, 0.29) is 0 Å². The Kier molecular flexibility index (Phi) is 7.10. The summed E-state index contributed by atoms with van der Waals surface area (Å²) in [5.74, 6) is 0.997. The second-order valence-corrected chi connectivity index (χ2v) is 6.69. The average Bonchev–Trinajstić information content (AvgIpc) is 2.24. The van der Waals surface area contributed by atoms with Crippen LogP contribution in [-0.2, 0) is 0 Å². The fourth-order valence-electron chi connectivity index (χ4n) is 3.27. The Hall–Kier alpha value is 0.440. The summed E-state index contributed by atoms with van der Waals surface area (Å²) in [6.07, 6.45) is 9.74. The summed E-state index contributed by atoms with van der Waals surface area (Å²) in [7, 11) is 2.32. The number of rotatable bonds is 9. The molecule has 1 aliphatic carbocycles. The van der Waals surface area contributed by atoms with Gasteiger partial charge in [0.2, 0.25) is 0 Å². The van der Waals surface area contributed by atoms with Gasteiger partial charge < -0.3 is 4.90 Å². The number of alkyl halides is 1. The number of hydrogen-bond donors (Lipinski definition) is 0. The van der Waals surface area contributed by atoms with Crippen LogP contribution in [0.1, 0.15) is 58.8 Å². The Morgan fingerprint density at radius 3 is 2.12 bits per heavy atom. The van der Waals surface area contributed by atoms with Gasteiger partial charge in [0.1, 0.15) is 0 Å². The van der Waals surface area contributed by atoms with E-state index < -0.39 is 0 Å².